The van der Waals surface area contributed by atoms with Gasteiger partial charge in [-0.25, -0.2) is 4.79 Å². The third kappa shape index (κ3) is 3.89. The lowest BCUT2D eigenvalue weighted by Crippen LogP contribution is -2.53. The van der Waals surface area contributed by atoms with E-state index in [0.29, 0.717) is 50.7 Å². The van der Waals surface area contributed by atoms with Crippen LogP contribution in [0.25, 0.3) is 0 Å². The molecule has 1 aliphatic heterocycles. The number of nitrogens with one attached hydrogen (secondary N) is 1. The summed E-state index contributed by atoms with van der Waals surface area (Å²) in [5.74, 6) is 0.757. The molecule has 1 heterocycles. The van der Waals surface area contributed by atoms with Crippen molar-refractivity contribution >= 4 is 17.5 Å². The maximum absolute atomic E-state index is 12.1. The lowest BCUT2D eigenvalue weighted by atomic mass is 10.1. The molecular formula is C19H23N3O5. The average molecular weight is 373 g/mol. The third-order valence-electron chi connectivity index (χ3n) is 4.64. The summed E-state index contributed by atoms with van der Waals surface area (Å²) in [6.07, 6.45) is -0.347. The molecule has 0 radical (unpaired) electrons. The molecule has 1 fully saturated rings. The Morgan fingerprint density at radius 2 is 1.74 bits per heavy atom. The Morgan fingerprint density at radius 3 is 2.33 bits per heavy atom. The molecule has 0 aromatic heterocycles. The first-order valence-electron chi connectivity index (χ1n) is 8.92. The van der Waals surface area contributed by atoms with E-state index in [-0.39, 0.29) is 6.09 Å². The Kier molecular flexibility index (Phi) is 5.63. The maximum atomic E-state index is 12.1. The van der Waals surface area contributed by atoms with Crippen molar-refractivity contribution in [3.63, 3.8) is 0 Å². The number of carbonyl (C=O) groups is 1. The Hall–Kier alpha value is -3.03. The van der Waals surface area contributed by atoms with Crippen LogP contribution in [0.4, 0.5) is 16.2 Å². The number of hydrogen-bond acceptors (Lipinski definition) is 7. The van der Waals surface area contributed by atoms with E-state index in [1.54, 1.807) is 18.9 Å². The topological polar surface area (TPSA) is 88.2 Å². The number of methoxy groups -OCH3 is 1. The summed E-state index contributed by atoms with van der Waals surface area (Å²) in [5.41, 5.74) is 0.766. The first kappa shape index (κ1) is 18.8. The number of hydrogen-bond donors (Lipinski definition) is 1. The molecule has 8 nitrogen and oxygen atoms in total. The second-order valence-electron chi connectivity index (χ2n) is 6.26. The van der Waals surface area contributed by atoms with Crippen molar-refractivity contribution in [2.75, 3.05) is 50.1 Å². The van der Waals surface area contributed by atoms with Crippen LogP contribution in [-0.4, -0.2) is 50.9 Å². The van der Waals surface area contributed by atoms with Crippen molar-refractivity contribution in [3.05, 3.63) is 50.3 Å². The van der Waals surface area contributed by atoms with Gasteiger partial charge in [0, 0.05) is 32.7 Å². The van der Waals surface area contributed by atoms with Crippen LogP contribution in [-0.2, 0) is 11.3 Å². The van der Waals surface area contributed by atoms with E-state index >= 15 is 0 Å². The minimum absolute atomic E-state index is 0.330. The maximum Gasteiger partial charge on any atom is 0.409 e. The van der Waals surface area contributed by atoms with E-state index in [2.05, 4.69) is 5.32 Å². The van der Waals surface area contributed by atoms with E-state index < -0.39 is 10.9 Å². The molecule has 1 amide bonds. The quantitative estimate of drug-likeness (QED) is 0.761. The van der Waals surface area contributed by atoms with Crippen molar-refractivity contribution in [2.24, 2.45) is 0 Å². The zero-order valence-electron chi connectivity index (χ0n) is 15.5. The minimum atomic E-state index is -0.494. The van der Waals surface area contributed by atoms with Gasteiger partial charge in [-0.1, -0.05) is 12.1 Å². The molecule has 0 bridgehead atoms. The van der Waals surface area contributed by atoms with Gasteiger partial charge in [0.05, 0.1) is 13.7 Å². The van der Waals surface area contributed by atoms with E-state index in [1.807, 2.05) is 29.2 Å². The van der Waals surface area contributed by atoms with Crippen LogP contribution in [0.1, 0.15) is 12.5 Å². The Morgan fingerprint density at radius 1 is 1.07 bits per heavy atom. The number of amides is 1. The average Bonchev–Trinajstić information content (AvgIpc) is 2.71. The summed E-state index contributed by atoms with van der Waals surface area (Å²) in [6.45, 7) is 4.41. The molecule has 27 heavy (non-hydrogen) atoms. The summed E-state index contributed by atoms with van der Waals surface area (Å²) < 4.78 is 10.1. The highest BCUT2D eigenvalue weighted by molar-refractivity contribution is 5.76. The van der Waals surface area contributed by atoms with Gasteiger partial charge in [-0.05, 0) is 24.6 Å². The van der Waals surface area contributed by atoms with Crippen LogP contribution >= 0.6 is 0 Å². The standard InChI is InChI=1S/C19H23N3O5/c1-3-27-19(25)22-10-8-21(9-11-22)16-15(17(23)18(16)24)20-12-13-4-6-14(26-2)7-5-13/h4-7,20H,3,8-12H2,1-2H3. The van der Waals surface area contributed by atoms with E-state index in [9.17, 15) is 14.4 Å². The number of benzene rings is 1. The van der Waals surface area contributed by atoms with E-state index in [4.69, 9.17) is 9.47 Å². The van der Waals surface area contributed by atoms with Crippen molar-refractivity contribution < 1.29 is 14.3 Å². The Balaban J connectivity index is 1.63. The van der Waals surface area contributed by atoms with Crippen molar-refractivity contribution in [2.45, 2.75) is 13.5 Å². The predicted octanol–water partition coefficient (Wildman–Crippen LogP) is 1.18. The first-order chi connectivity index (χ1) is 13.0. The Labute approximate surface area is 157 Å². The summed E-state index contributed by atoms with van der Waals surface area (Å²) in [5, 5.41) is 3.08. The van der Waals surface area contributed by atoms with Gasteiger partial charge >= 0.3 is 6.09 Å². The van der Waals surface area contributed by atoms with E-state index in [1.165, 1.54) is 0 Å². The van der Waals surface area contributed by atoms with Gasteiger partial charge < -0.3 is 24.6 Å². The van der Waals surface area contributed by atoms with Crippen molar-refractivity contribution in [3.8, 4) is 5.75 Å². The smallest absolute Gasteiger partial charge is 0.409 e. The number of rotatable bonds is 6. The van der Waals surface area contributed by atoms with Gasteiger partial charge in [0.1, 0.15) is 17.1 Å². The second kappa shape index (κ2) is 8.11. The highest BCUT2D eigenvalue weighted by Crippen LogP contribution is 2.23. The summed E-state index contributed by atoms with van der Waals surface area (Å²) in [4.78, 5) is 39.3. The second-order valence-corrected chi connectivity index (χ2v) is 6.26. The van der Waals surface area contributed by atoms with Crippen molar-refractivity contribution in [1.29, 1.82) is 0 Å². The zero-order valence-corrected chi connectivity index (χ0v) is 15.5. The molecule has 0 spiro atoms. The molecule has 2 aromatic carbocycles. The first-order valence-corrected chi connectivity index (χ1v) is 8.92. The fraction of sp³-hybridized carbons (Fsp3) is 0.421. The van der Waals surface area contributed by atoms with Crippen LogP contribution in [0.5, 0.6) is 5.75 Å². The van der Waals surface area contributed by atoms with Crippen LogP contribution in [0.3, 0.4) is 0 Å². The molecule has 144 valence electrons. The molecule has 0 aliphatic carbocycles. The molecule has 1 aliphatic rings. The molecule has 0 atom stereocenters. The van der Waals surface area contributed by atoms with Gasteiger partial charge in [0.15, 0.2) is 0 Å². The van der Waals surface area contributed by atoms with Crippen LogP contribution in [0.15, 0.2) is 33.9 Å². The summed E-state index contributed by atoms with van der Waals surface area (Å²) in [6, 6.07) is 7.48. The zero-order chi connectivity index (χ0) is 19.4. The molecule has 8 heteroatoms. The number of carbonyl (C=O) groups excluding carboxylic acids is 1. The van der Waals surface area contributed by atoms with Crippen LogP contribution in [0.2, 0.25) is 0 Å². The van der Waals surface area contributed by atoms with Crippen LogP contribution in [0, 0.1) is 0 Å². The molecule has 3 rings (SSSR count). The molecule has 0 saturated carbocycles. The monoisotopic (exact) mass is 373 g/mol. The number of ether oxygens (including phenoxy) is 2. The Bertz CT molecular complexity index is 863. The fourth-order valence-electron chi connectivity index (χ4n) is 3.11. The lowest BCUT2D eigenvalue weighted by Gasteiger charge is -2.36. The van der Waals surface area contributed by atoms with Gasteiger partial charge in [-0.2, -0.15) is 0 Å². The number of nitrogens with zero attached hydrogens (tertiary/aromatic N) is 2. The van der Waals surface area contributed by atoms with Crippen LogP contribution < -0.4 is 25.8 Å². The lowest BCUT2D eigenvalue weighted by molar-refractivity contribution is 0.105. The third-order valence-corrected chi connectivity index (χ3v) is 4.64. The van der Waals surface area contributed by atoms with Gasteiger partial charge in [-0.15, -0.1) is 0 Å². The summed E-state index contributed by atoms with van der Waals surface area (Å²) in [7, 11) is 1.60. The van der Waals surface area contributed by atoms with E-state index in [0.717, 1.165) is 11.3 Å². The fourth-order valence-corrected chi connectivity index (χ4v) is 3.11. The van der Waals surface area contributed by atoms with Gasteiger partial charge in [0.2, 0.25) is 0 Å². The molecule has 0 unspecified atom stereocenters. The highest BCUT2D eigenvalue weighted by Gasteiger charge is 2.30. The molecular weight excluding hydrogens is 350 g/mol. The predicted molar refractivity (Wildman–Crippen MR) is 102 cm³/mol. The van der Waals surface area contributed by atoms with Gasteiger partial charge in [0.25, 0.3) is 10.9 Å². The normalized spacial score (nSPS) is 14.3. The number of anilines is 2. The molecule has 1 saturated heterocycles. The summed E-state index contributed by atoms with van der Waals surface area (Å²) >= 11 is 0. The van der Waals surface area contributed by atoms with Crippen molar-refractivity contribution in [1.82, 2.24) is 4.90 Å². The van der Waals surface area contributed by atoms with Gasteiger partial charge in [-0.3, -0.25) is 9.59 Å². The largest absolute Gasteiger partial charge is 0.497 e. The number of piperazine rings is 1. The minimum Gasteiger partial charge on any atom is -0.497 e. The molecule has 2 aromatic rings. The highest BCUT2D eigenvalue weighted by atomic mass is 16.6. The SMILES string of the molecule is CCOC(=O)N1CCN(c2c(NCc3ccc(OC)cc3)c(=O)c2=O)CC1. The molecule has 1 N–H and O–H groups in total.